The maximum absolute atomic E-state index is 12.1. The van der Waals surface area contributed by atoms with Gasteiger partial charge in [0.2, 0.25) is 5.91 Å². The molecule has 0 aromatic carbocycles. The third kappa shape index (κ3) is 3.73. The first-order valence-electron chi connectivity index (χ1n) is 7.52. The highest BCUT2D eigenvalue weighted by atomic mass is 32.2. The van der Waals surface area contributed by atoms with Crippen LogP contribution < -0.4 is 5.73 Å². The van der Waals surface area contributed by atoms with Crippen molar-refractivity contribution >= 4 is 15.7 Å². The van der Waals surface area contributed by atoms with Crippen LogP contribution in [0.4, 0.5) is 0 Å². The van der Waals surface area contributed by atoms with Gasteiger partial charge in [-0.05, 0) is 30.6 Å². The van der Waals surface area contributed by atoms with E-state index in [1.807, 2.05) is 18.7 Å². The minimum absolute atomic E-state index is 0.0259. The molecule has 0 aromatic rings. The van der Waals surface area contributed by atoms with Crippen LogP contribution >= 0.6 is 0 Å². The van der Waals surface area contributed by atoms with Crippen molar-refractivity contribution in [1.29, 1.82) is 0 Å². The van der Waals surface area contributed by atoms with Gasteiger partial charge in [0.1, 0.15) is 0 Å². The summed E-state index contributed by atoms with van der Waals surface area (Å²) < 4.78 is 23.6. The van der Waals surface area contributed by atoms with E-state index < -0.39 is 9.84 Å². The van der Waals surface area contributed by atoms with Crippen molar-refractivity contribution in [2.24, 2.45) is 23.5 Å². The molecule has 6 heteroatoms. The van der Waals surface area contributed by atoms with Crippen LogP contribution in [0.1, 0.15) is 33.1 Å². The van der Waals surface area contributed by atoms with E-state index in [1.54, 1.807) is 0 Å². The minimum Gasteiger partial charge on any atom is -0.342 e. The largest absolute Gasteiger partial charge is 0.342 e. The summed E-state index contributed by atoms with van der Waals surface area (Å²) in [6.45, 7) is 5.24. The molecule has 0 aromatic heterocycles. The number of fused-ring (bicyclic) bond motifs is 1. The van der Waals surface area contributed by atoms with Crippen LogP contribution in [0.5, 0.6) is 0 Å². The van der Waals surface area contributed by atoms with Crippen LogP contribution in [0.25, 0.3) is 0 Å². The lowest BCUT2D eigenvalue weighted by Gasteiger charge is -2.19. The fourth-order valence-electron chi connectivity index (χ4n) is 3.50. The first-order valence-corrected chi connectivity index (χ1v) is 9.34. The molecular formula is C14H26N2O3S. The van der Waals surface area contributed by atoms with Crippen molar-refractivity contribution in [2.75, 3.05) is 24.6 Å². The Kier molecular flexibility index (Phi) is 4.74. The second kappa shape index (κ2) is 6.02. The van der Waals surface area contributed by atoms with Crippen molar-refractivity contribution in [1.82, 2.24) is 4.90 Å². The number of likely N-dealkylation sites (tertiary alicyclic amines) is 1. The molecule has 1 amide bonds. The van der Waals surface area contributed by atoms with Gasteiger partial charge in [0.25, 0.3) is 0 Å². The molecule has 1 aliphatic carbocycles. The first kappa shape index (κ1) is 15.8. The predicted molar refractivity (Wildman–Crippen MR) is 78.9 cm³/mol. The van der Waals surface area contributed by atoms with Gasteiger partial charge in [-0.1, -0.05) is 13.8 Å². The maximum Gasteiger partial charge on any atom is 0.223 e. The van der Waals surface area contributed by atoms with Crippen LogP contribution in [0.3, 0.4) is 0 Å². The average molecular weight is 302 g/mol. The van der Waals surface area contributed by atoms with Gasteiger partial charge < -0.3 is 10.6 Å². The normalized spacial score (nSPS) is 30.0. The Bertz CT molecular complexity index is 461. The fourth-order valence-corrected chi connectivity index (χ4v) is 5.17. The van der Waals surface area contributed by atoms with Crippen molar-refractivity contribution < 1.29 is 13.2 Å². The van der Waals surface area contributed by atoms with Gasteiger partial charge in [-0.25, -0.2) is 8.42 Å². The Morgan fingerprint density at radius 2 is 2.00 bits per heavy atom. The monoisotopic (exact) mass is 302 g/mol. The molecule has 2 rings (SSSR count). The second-order valence-corrected chi connectivity index (χ2v) is 8.95. The molecule has 116 valence electrons. The molecule has 1 saturated carbocycles. The number of amides is 1. The maximum atomic E-state index is 12.1. The van der Waals surface area contributed by atoms with E-state index in [-0.39, 0.29) is 35.8 Å². The van der Waals surface area contributed by atoms with Gasteiger partial charge in [0.15, 0.2) is 9.84 Å². The summed E-state index contributed by atoms with van der Waals surface area (Å²) in [5.41, 5.74) is 6.05. The van der Waals surface area contributed by atoms with Gasteiger partial charge in [-0.15, -0.1) is 0 Å². The Morgan fingerprint density at radius 3 is 2.60 bits per heavy atom. The van der Waals surface area contributed by atoms with E-state index in [2.05, 4.69) is 0 Å². The Balaban J connectivity index is 1.82. The minimum atomic E-state index is -3.11. The van der Waals surface area contributed by atoms with Gasteiger partial charge >= 0.3 is 0 Å². The molecule has 1 aliphatic heterocycles. The molecule has 0 radical (unpaired) electrons. The van der Waals surface area contributed by atoms with Crippen molar-refractivity contribution in [3.8, 4) is 0 Å². The molecule has 3 unspecified atom stereocenters. The highest BCUT2D eigenvalue weighted by Gasteiger charge is 2.42. The lowest BCUT2D eigenvalue weighted by Crippen LogP contribution is -2.34. The molecule has 20 heavy (non-hydrogen) atoms. The summed E-state index contributed by atoms with van der Waals surface area (Å²) >= 11 is 0. The topological polar surface area (TPSA) is 80.5 Å². The Morgan fingerprint density at radius 1 is 1.30 bits per heavy atom. The van der Waals surface area contributed by atoms with Crippen LogP contribution in [0, 0.1) is 17.8 Å². The summed E-state index contributed by atoms with van der Waals surface area (Å²) in [4.78, 5) is 14.0. The molecule has 2 N–H and O–H groups in total. The van der Waals surface area contributed by atoms with E-state index in [1.165, 1.54) is 0 Å². The Hall–Kier alpha value is -0.620. The smallest absolute Gasteiger partial charge is 0.223 e. The van der Waals surface area contributed by atoms with E-state index in [4.69, 9.17) is 5.73 Å². The fraction of sp³-hybridized carbons (Fsp3) is 0.929. The quantitative estimate of drug-likeness (QED) is 0.808. The Labute approximate surface area is 121 Å². The highest BCUT2D eigenvalue weighted by Crippen LogP contribution is 2.37. The highest BCUT2D eigenvalue weighted by molar-refractivity contribution is 7.91. The number of carbonyl (C=O) groups excluding carboxylic acids is 1. The van der Waals surface area contributed by atoms with Crippen LogP contribution in [0.15, 0.2) is 0 Å². The summed E-state index contributed by atoms with van der Waals surface area (Å²) in [6.07, 6.45) is 2.27. The zero-order chi connectivity index (χ0) is 14.9. The molecular weight excluding hydrogens is 276 g/mol. The third-order valence-electron chi connectivity index (χ3n) is 4.48. The van der Waals surface area contributed by atoms with E-state index >= 15 is 0 Å². The number of hydrogen-bond donors (Lipinski definition) is 1. The SMILES string of the molecule is CC(C)CS(=O)(=O)CCC(=O)N1CC2CCC(N)C2C1. The van der Waals surface area contributed by atoms with Crippen LogP contribution in [-0.2, 0) is 14.6 Å². The summed E-state index contributed by atoms with van der Waals surface area (Å²) in [7, 11) is -3.11. The number of sulfone groups is 1. The van der Waals surface area contributed by atoms with Crippen LogP contribution in [-0.4, -0.2) is 49.9 Å². The zero-order valence-electron chi connectivity index (χ0n) is 12.4. The summed E-state index contributed by atoms with van der Waals surface area (Å²) in [5, 5.41) is 0. The molecule has 3 atom stereocenters. The number of nitrogens with zero attached hydrogens (tertiary/aromatic N) is 1. The van der Waals surface area contributed by atoms with Crippen molar-refractivity contribution in [2.45, 2.75) is 39.2 Å². The summed E-state index contributed by atoms with van der Waals surface area (Å²) in [5.74, 6) is 1.17. The average Bonchev–Trinajstić information content (AvgIpc) is 2.87. The molecule has 0 spiro atoms. The standard InChI is InChI=1S/C14H26N2O3S/c1-10(2)9-20(18,19)6-5-14(17)16-7-11-3-4-13(15)12(11)8-16/h10-13H,3-9,15H2,1-2H3. The molecule has 5 nitrogen and oxygen atoms in total. The van der Waals surface area contributed by atoms with Crippen molar-refractivity contribution in [3.63, 3.8) is 0 Å². The molecule has 0 bridgehead atoms. The number of nitrogens with two attached hydrogens (primary N) is 1. The van der Waals surface area contributed by atoms with Crippen molar-refractivity contribution in [3.05, 3.63) is 0 Å². The predicted octanol–water partition coefficient (Wildman–Crippen LogP) is 0.643. The lowest BCUT2D eigenvalue weighted by atomic mass is 9.98. The van der Waals surface area contributed by atoms with Gasteiger partial charge in [-0.2, -0.15) is 0 Å². The van der Waals surface area contributed by atoms with E-state index in [0.29, 0.717) is 11.8 Å². The summed E-state index contributed by atoms with van der Waals surface area (Å²) in [6, 6.07) is 0.211. The van der Waals surface area contributed by atoms with Crippen LogP contribution in [0.2, 0.25) is 0 Å². The molecule has 2 fully saturated rings. The number of hydrogen-bond acceptors (Lipinski definition) is 4. The van der Waals surface area contributed by atoms with Gasteiger partial charge in [-0.3, -0.25) is 4.79 Å². The third-order valence-corrected chi connectivity index (χ3v) is 6.48. The molecule has 1 heterocycles. The first-order chi connectivity index (χ1) is 9.28. The van der Waals surface area contributed by atoms with E-state index in [0.717, 1.165) is 25.9 Å². The van der Waals surface area contributed by atoms with Gasteiger partial charge in [0, 0.05) is 25.6 Å². The van der Waals surface area contributed by atoms with E-state index in [9.17, 15) is 13.2 Å². The zero-order valence-corrected chi connectivity index (χ0v) is 13.2. The molecule has 2 aliphatic rings. The number of carbonyl (C=O) groups is 1. The van der Waals surface area contributed by atoms with Gasteiger partial charge in [0.05, 0.1) is 11.5 Å². The lowest BCUT2D eigenvalue weighted by molar-refractivity contribution is -0.130. The molecule has 1 saturated heterocycles. The number of rotatable bonds is 5. The second-order valence-electron chi connectivity index (χ2n) is 6.72.